The van der Waals surface area contributed by atoms with E-state index < -0.39 is 0 Å². The van der Waals surface area contributed by atoms with Crippen molar-refractivity contribution in [3.63, 3.8) is 0 Å². The molecule has 2 fully saturated rings. The first-order chi connectivity index (χ1) is 10.3. The van der Waals surface area contributed by atoms with Crippen LogP contribution in [0.15, 0.2) is 5.16 Å². The molecule has 1 aromatic rings. The van der Waals surface area contributed by atoms with E-state index in [2.05, 4.69) is 15.5 Å². The van der Waals surface area contributed by atoms with Gasteiger partial charge in [-0.25, -0.2) is 4.68 Å². The zero-order valence-corrected chi connectivity index (χ0v) is 13.5. The predicted molar refractivity (Wildman–Crippen MR) is 80.5 cm³/mol. The summed E-state index contributed by atoms with van der Waals surface area (Å²) in [5, 5.41) is 13.0. The van der Waals surface area contributed by atoms with Crippen LogP contribution in [0.25, 0.3) is 0 Å². The van der Waals surface area contributed by atoms with Crippen LogP contribution in [-0.2, 0) is 9.47 Å². The number of tetrazole rings is 1. The van der Waals surface area contributed by atoms with E-state index in [9.17, 15) is 0 Å². The van der Waals surface area contributed by atoms with Gasteiger partial charge < -0.3 is 9.47 Å². The van der Waals surface area contributed by atoms with E-state index in [1.165, 1.54) is 25.7 Å². The van der Waals surface area contributed by atoms with Gasteiger partial charge in [0.05, 0.1) is 11.6 Å². The van der Waals surface area contributed by atoms with E-state index in [0.717, 1.165) is 43.4 Å². The molecule has 0 radical (unpaired) electrons. The van der Waals surface area contributed by atoms with Crippen molar-refractivity contribution in [3.05, 3.63) is 0 Å². The third-order valence-corrected chi connectivity index (χ3v) is 5.43. The van der Waals surface area contributed by atoms with Crippen LogP contribution in [0.5, 0.6) is 0 Å². The molecule has 0 spiro atoms. The van der Waals surface area contributed by atoms with Gasteiger partial charge in [0, 0.05) is 26.1 Å². The van der Waals surface area contributed by atoms with Gasteiger partial charge in [-0.15, -0.1) is 5.10 Å². The number of hydrogen-bond donors (Lipinski definition) is 0. The van der Waals surface area contributed by atoms with Gasteiger partial charge >= 0.3 is 0 Å². The van der Waals surface area contributed by atoms with Gasteiger partial charge in [-0.3, -0.25) is 0 Å². The van der Waals surface area contributed by atoms with Crippen molar-refractivity contribution in [2.45, 2.75) is 61.7 Å². The molecule has 0 atom stereocenters. The van der Waals surface area contributed by atoms with Crippen LogP contribution in [0.4, 0.5) is 0 Å². The molecule has 0 aliphatic heterocycles. The summed E-state index contributed by atoms with van der Waals surface area (Å²) in [6, 6.07) is 0.532. The predicted octanol–water partition coefficient (Wildman–Crippen LogP) is 2.47. The second-order valence-corrected chi connectivity index (χ2v) is 6.95. The second-order valence-electron chi connectivity index (χ2n) is 6.01. The number of aromatic nitrogens is 4. The molecule has 3 rings (SSSR count). The normalized spacial score (nSPS) is 21.0. The molecule has 6 nitrogen and oxygen atoms in total. The number of nitrogens with zero attached hydrogens (tertiary/aromatic N) is 4. The van der Waals surface area contributed by atoms with Crippen LogP contribution >= 0.6 is 11.8 Å². The zero-order valence-electron chi connectivity index (χ0n) is 12.7. The summed E-state index contributed by atoms with van der Waals surface area (Å²) in [4.78, 5) is 0. The number of methoxy groups -OCH3 is 1. The summed E-state index contributed by atoms with van der Waals surface area (Å²) in [6.45, 7) is 1.55. The fourth-order valence-corrected chi connectivity index (χ4v) is 4.04. The summed E-state index contributed by atoms with van der Waals surface area (Å²) < 4.78 is 13.3. The van der Waals surface area contributed by atoms with Crippen LogP contribution in [-0.4, -0.2) is 51.9 Å². The van der Waals surface area contributed by atoms with Crippen LogP contribution < -0.4 is 0 Å². The Hall–Kier alpha value is -0.660. The second kappa shape index (κ2) is 7.07. The van der Waals surface area contributed by atoms with Crippen LogP contribution in [0.3, 0.4) is 0 Å². The maximum atomic E-state index is 6.23. The van der Waals surface area contributed by atoms with Crippen molar-refractivity contribution in [3.8, 4) is 0 Å². The van der Waals surface area contributed by atoms with E-state index in [1.54, 1.807) is 18.9 Å². The first kappa shape index (κ1) is 15.2. The molecule has 2 aliphatic carbocycles. The SMILES string of the molecule is COCCCOC1(CSc2nnnn2C2CC2)CCCC1. The highest BCUT2D eigenvalue weighted by atomic mass is 32.2. The quantitative estimate of drug-likeness (QED) is 0.515. The molecule has 1 aromatic heterocycles. The molecule has 0 unspecified atom stereocenters. The lowest BCUT2D eigenvalue weighted by atomic mass is 10.1. The summed E-state index contributed by atoms with van der Waals surface area (Å²) in [7, 11) is 1.74. The lowest BCUT2D eigenvalue weighted by Gasteiger charge is -2.28. The molecule has 118 valence electrons. The van der Waals surface area contributed by atoms with Gasteiger partial charge in [0.25, 0.3) is 0 Å². The molecule has 0 saturated heterocycles. The fourth-order valence-electron chi connectivity index (χ4n) is 2.87. The van der Waals surface area contributed by atoms with E-state index in [-0.39, 0.29) is 5.60 Å². The summed E-state index contributed by atoms with van der Waals surface area (Å²) in [5.74, 6) is 0.951. The average Bonchev–Trinajstić information content (AvgIpc) is 3.06. The Labute approximate surface area is 129 Å². The Morgan fingerprint density at radius 1 is 1.29 bits per heavy atom. The van der Waals surface area contributed by atoms with Crippen molar-refractivity contribution in [2.24, 2.45) is 0 Å². The van der Waals surface area contributed by atoms with Gasteiger partial charge in [-0.05, 0) is 42.5 Å². The Kier molecular flexibility index (Phi) is 5.13. The van der Waals surface area contributed by atoms with Crippen molar-refractivity contribution in [1.82, 2.24) is 20.2 Å². The molecule has 0 aromatic carbocycles. The molecule has 0 N–H and O–H groups in total. The summed E-state index contributed by atoms with van der Waals surface area (Å²) in [6.07, 6.45) is 8.20. The zero-order chi connectivity index (χ0) is 14.5. The number of thioether (sulfide) groups is 1. The van der Waals surface area contributed by atoms with Crippen molar-refractivity contribution < 1.29 is 9.47 Å². The Morgan fingerprint density at radius 2 is 2.10 bits per heavy atom. The molecule has 0 bridgehead atoms. The van der Waals surface area contributed by atoms with Crippen molar-refractivity contribution >= 4 is 11.8 Å². The summed E-state index contributed by atoms with van der Waals surface area (Å²) in [5.41, 5.74) is 0.0126. The van der Waals surface area contributed by atoms with Crippen LogP contribution in [0.1, 0.15) is 51.0 Å². The Balaban J connectivity index is 1.53. The topological polar surface area (TPSA) is 62.1 Å². The maximum Gasteiger partial charge on any atom is 0.209 e. The highest BCUT2D eigenvalue weighted by Gasteiger charge is 2.36. The number of hydrogen-bond acceptors (Lipinski definition) is 6. The standard InChI is InChI=1S/C14H24N4O2S/c1-19-9-4-10-20-14(7-2-3-8-14)11-21-13-15-16-17-18(13)12-5-6-12/h12H,2-11H2,1H3. The van der Waals surface area contributed by atoms with E-state index in [1.807, 2.05) is 4.68 Å². The number of rotatable bonds is 9. The maximum absolute atomic E-state index is 6.23. The molecule has 1 heterocycles. The lowest BCUT2D eigenvalue weighted by Crippen LogP contribution is -2.33. The molecule has 2 saturated carbocycles. The third kappa shape index (κ3) is 3.96. The van der Waals surface area contributed by atoms with Gasteiger partial charge in [-0.2, -0.15) is 0 Å². The van der Waals surface area contributed by atoms with Gasteiger partial charge in [0.15, 0.2) is 0 Å². The van der Waals surface area contributed by atoms with Gasteiger partial charge in [-0.1, -0.05) is 24.6 Å². The van der Waals surface area contributed by atoms with E-state index in [0.29, 0.717) is 6.04 Å². The molecular weight excluding hydrogens is 288 g/mol. The largest absolute Gasteiger partial charge is 0.385 e. The van der Waals surface area contributed by atoms with Gasteiger partial charge in [0.2, 0.25) is 5.16 Å². The van der Waals surface area contributed by atoms with E-state index >= 15 is 0 Å². The smallest absolute Gasteiger partial charge is 0.209 e. The minimum atomic E-state index is 0.0126. The minimum Gasteiger partial charge on any atom is -0.385 e. The Bertz CT molecular complexity index is 444. The number of ether oxygens (including phenoxy) is 2. The first-order valence-corrected chi connectivity index (χ1v) is 8.85. The van der Waals surface area contributed by atoms with Crippen molar-refractivity contribution in [1.29, 1.82) is 0 Å². The highest BCUT2D eigenvalue weighted by Crippen LogP contribution is 2.40. The average molecular weight is 312 g/mol. The molecule has 7 heteroatoms. The molecule has 2 aliphatic rings. The lowest BCUT2D eigenvalue weighted by molar-refractivity contribution is -0.0291. The third-order valence-electron chi connectivity index (χ3n) is 4.24. The van der Waals surface area contributed by atoms with E-state index in [4.69, 9.17) is 9.47 Å². The van der Waals surface area contributed by atoms with Gasteiger partial charge in [0.1, 0.15) is 0 Å². The molecule has 21 heavy (non-hydrogen) atoms. The monoisotopic (exact) mass is 312 g/mol. The molecular formula is C14H24N4O2S. The first-order valence-electron chi connectivity index (χ1n) is 7.87. The summed E-state index contributed by atoms with van der Waals surface area (Å²) >= 11 is 1.75. The fraction of sp³-hybridized carbons (Fsp3) is 0.929. The van der Waals surface area contributed by atoms with Crippen molar-refractivity contribution in [2.75, 3.05) is 26.1 Å². The highest BCUT2D eigenvalue weighted by molar-refractivity contribution is 7.99. The molecule has 0 amide bonds. The van der Waals surface area contributed by atoms with Crippen LogP contribution in [0.2, 0.25) is 0 Å². The van der Waals surface area contributed by atoms with Crippen LogP contribution in [0, 0.1) is 0 Å². The minimum absolute atomic E-state index is 0.0126. The Morgan fingerprint density at radius 3 is 2.81 bits per heavy atom.